The zero-order valence-electron chi connectivity index (χ0n) is 12.1. The molecule has 0 aliphatic carbocycles. The van der Waals surface area contributed by atoms with E-state index in [1.807, 2.05) is 37.3 Å². The third-order valence-electron chi connectivity index (χ3n) is 3.24. The van der Waals surface area contributed by atoms with Crippen molar-refractivity contribution < 1.29 is 12.6 Å². The maximum Gasteiger partial charge on any atom is 0.313 e. The second-order valence-electron chi connectivity index (χ2n) is 5.11. The van der Waals surface area contributed by atoms with Crippen LogP contribution in [0.5, 0.6) is 5.75 Å². The van der Waals surface area contributed by atoms with Crippen molar-refractivity contribution in [1.29, 1.82) is 0 Å². The number of fused-ring (bicyclic) bond motifs is 1. The summed E-state index contributed by atoms with van der Waals surface area (Å²) in [5, 5.41) is 0.839. The maximum atomic E-state index is 12.3. The fraction of sp³-hybridized carbons (Fsp3) is 0.118. The molecule has 0 atom stereocenters. The predicted octanol–water partition coefficient (Wildman–Crippen LogP) is 3.45. The van der Waals surface area contributed by atoms with Crippen molar-refractivity contribution in [3.05, 3.63) is 71.9 Å². The van der Waals surface area contributed by atoms with Crippen LogP contribution in [0.3, 0.4) is 0 Å². The average molecular weight is 313 g/mol. The molecule has 0 radical (unpaired) electrons. The number of aryl methyl sites for hydroxylation is 1. The number of nitrogens with zero attached hydrogens (tertiary/aromatic N) is 1. The second-order valence-corrected chi connectivity index (χ2v) is 6.68. The fourth-order valence-corrected chi connectivity index (χ4v) is 3.37. The van der Waals surface area contributed by atoms with Gasteiger partial charge in [0.25, 0.3) is 0 Å². The minimum absolute atomic E-state index is 0.169. The summed E-state index contributed by atoms with van der Waals surface area (Å²) in [6.45, 7) is 1.92. The van der Waals surface area contributed by atoms with Crippen LogP contribution in [-0.2, 0) is 15.9 Å². The number of hydrogen-bond donors (Lipinski definition) is 0. The van der Waals surface area contributed by atoms with E-state index in [1.54, 1.807) is 30.5 Å². The molecule has 22 heavy (non-hydrogen) atoms. The highest BCUT2D eigenvalue weighted by molar-refractivity contribution is 7.86. The number of rotatable bonds is 4. The van der Waals surface area contributed by atoms with E-state index in [4.69, 9.17) is 4.18 Å². The van der Waals surface area contributed by atoms with Crippen molar-refractivity contribution in [2.75, 3.05) is 0 Å². The van der Waals surface area contributed by atoms with Crippen LogP contribution >= 0.6 is 0 Å². The lowest BCUT2D eigenvalue weighted by molar-refractivity contribution is 0.487. The molecule has 5 heteroatoms. The smallest absolute Gasteiger partial charge is 0.313 e. The molecule has 4 nitrogen and oxygen atoms in total. The monoisotopic (exact) mass is 313 g/mol. The molecule has 0 saturated carbocycles. The molecule has 0 unspecified atom stereocenters. The summed E-state index contributed by atoms with van der Waals surface area (Å²) in [7, 11) is -3.74. The number of pyridine rings is 1. The van der Waals surface area contributed by atoms with E-state index in [9.17, 15) is 8.42 Å². The minimum atomic E-state index is -3.74. The Balaban J connectivity index is 1.90. The summed E-state index contributed by atoms with van der Waals surface area (Å²) >= 11 is 0. The van der Waals surface area contributed by atoms with E-state index in [-0.39, 0.29) is 11.5 Å². The zero-order valence-corrected chi connectivity index (χ0v) is 12.9. The number of benzene rings is 2. The summed E-state index contributed by atoms with van der Waals surface area (Å²) in [5.41, 5.74) is 2.26. The molecular weight excluding hydrogens is 298 g/mol. The van der Waals surface area contributed by atoms with E-state index in [1.165, 1.54) is 0 Å². The lowest BCUT2D eigenvalue weighted by Crippen LogP contribution is -2.12. The zero-order chi connectivity index (χ0) is 15.6. The summed E-state index contributed by atoms with van der Waals surface area (Å²) in [5.74, 6) is 0.0866. The highest BCUT2D eigenvalue weighted by Gasteiger charge is 2.16. The Bertz CT molecular complexity index is 915. The molecule has 3 rings (SSSR count). The van der Waals surface area contributed by atoms with Crippen molar-refractivity contribution in [2.45, 2.75) is 12.7 Å². The van der Waals surface area contributed by atoms with Crippen LogP contribution in [-0.4, -0.2) is 13.4 Å². The van der Waals surface area contributed by atoms with Gasteiger partial charge in [-0.05, 0) is 24.6 Å². The normalized spacial score (nSPS) is 11.5. The molecule has 1 heterocycles. The summed E-state index contributed by atoms with van der Waals surface area (Å²) in [6.07, 6.45) is 1.61. The Morgan fingerprint density at radius 1 is 1.05 bits per heavy atom. The Hall–Kier alpha value is -2.40. The first-order valence-electron chi connectivity index (χ1n) is 6.85. The van der Waals surface area contributed by atoms with Crippen LogP contribution in [0.1, 0.15) is 11.1 Å². The van der Waals surface area contributed by atoms with Gasteiger partial charge in [0.2, 0.25) is 0 Å². The number of hydrogen-bond acceptors (Lipinski definition) is 4. The minimum Gasteiger partial charge on any atom is -0.380 e. The van der Waals surface area contributed by atoms with Gasteiger partial charge in [-0.2, -0.15) is 8.42 Å². The lowest BCUT2D eigenvalue weighted by Gasteiger charge is -2.09. The van der Waals surface area contributed by atoms with Gasteiger partial charge in [0, 0.05) is 11.6 Å². The van der Waals surface area contributed by atoms with Crippen molar-refractivity contribution >= 4 is 21.0 Å². The summed E-state index contributed by atoms with van der Waals surface area (Å²) in [6, 6.07) is 16.3. The van der Waals surface area contributed by atoms with Crippen molar-refractivity contribution in [3.8, 4) is 5.75 Å². The van der Waals surface area contributed by atoms with E-state index < -0.39 is 10.1 Å². The van der Waals surface area contributed by atoms with Gasteiger partial charge < -0.3 is 4.18 Å². The Kier molecular flexibility index (Phi) is 3.81. The molecule has 3 aromatic rings. The topological polar surface area (TPSA) is 56.3 Å². The summed E-state index contributed by atoms with van der Waals surface area (Å²) < 4.78 is 29.8. The Morgan fingerprint density at radius 2 is 1.82 bits per heavy atom. The van der Waals surface area contributed by atoms with Crippen molar-refractivity contribution in [1.82, 2.24) is 4.98 Å². The first kappa shape index (κ1) is 14.5. The SMILES string of the molecule is Cc1cccc(CS(=O)(=O)Oc2cccc3cccnc23)c1. The van der Waals surface area contributed by atoms with Gasteiger partial charge in [0.15, 0.2) is 5.75 Å². The average Bonchev–Trinajstić information content (AvgIpc) is 2.47. The van der Waals surface area contributed by atoms with E-state index in [0.29, 0.717) is 11.1 Å². The van der Waals surface area contributed by atoms with Crippen LogP contribution in [0.4, 0.5) is 0 Å². The molecule has 0 spiro atoms. The standard InChI is InChI=1S/C17H15NO3S/c1-13-5-2-6-14(11-13)12-22(19,20)21-16-9-3-7-15-8-4-10-18-17(15)16/h2-11H,12H2,1H3. The van der Waals surface area contributed by atoms with Gasteiger partial charge in [-0.1, -0.05) is 48.0 Å². The fourth-order valence-electron chi connectivity index (χ4n) is 2.32. The van der Waals surface area contributed by atoms with Crippen LogP contribution in [0.25, 0.3) is 10.9 Å². The van der Waals surface area contributed by atoms with E-state index in [0.717, 1.165) is 10.9 Å². The van der Waals surface area contributed by atoms with Crippen LogP contribution < -0.4 is 4.18 Å². The first-order valence-corrected chi connectivity index (χ1v) is 8.43. The molecule has 0 bridgehead atoms. The number of para-hydroxylation sites is 1. The molecule has 2 aromatic carbocycles. The van der Waals surface area contributed by atoms with E-state index >= 15 is 0 Å². The largest absolute Gasteiger partial charge is 0.380 e. The van der Waals surface area contributed by atoms with E-state index in [2.05, 4.69) is 4.98 Å². The quantitative estimate of drug-likeness (QED) is 0.692. The third kappa shape index (κ3) is 3.26. The molecule has 0 saturated heterocycles. The van der Waals surface area contributed by atoms with Gasteiger partial charge in [0.1, 0.15) is 11.3 Å². The second kappa shape index (κ2) is 5.77. The third-order valence-corrected chi connectivity index (χ3v) is 4.36. The molecule has 0 fully saturated rings. The van der Waals surface area contributed by atoms with Crippen molar-refractivity contribution in [2.24, 2.45) is 0 Å². The number of aromatic nitrogens is 1. The molecule has 0 aliphatic rings. The summed E-state index contributed by atoms with van der Waals surface area (Å²) in [4.78, 5) is 4.20. The van der Waals surface area contributed by atoms with Gasteiger partial charge in [-0.15, -0.1) is 0 Å². The maximum absolute atomic E-state index is 12.3. The molecular formula is C17H15NO3S. The van der Waals surface area contributed by atoms with Crippen molar-refractivity contribution in [3.63, 3.8) is 0 Å². The highest BCUT2D eigenvalue weighted by atomic mass is 32.2. The van der Waals surface area contributed by atoms with Gasteiger partial charge >= 0.3 is 10.1 Å². The highest BCUT2D eigenvalue weighted by Crippen LogP contribution is 2.25. The van der Waals surface area contributed by atoms with Crippen LogP contribution in [0, 0.1) is 6.92 Å². The molecule has 0 aliphatic heterocycles. The van der Waals surface area contributed by atoms with Crippen LogP contribution in [0.2, 0.25) is 0 Å². The predicted molar refractivity (Wildman–Crippen MR) is 86.2 cm³/mol. The Labute approximate surface area is 129 Å². The Morgan fingerprint density at radius 3 is 2.64 bits per heavy atom. The lowest BCUT2D eigenvalue weighted by atomic mass is 10.2. The molecule has 1 aromatic heterocycles. The van der Waals surface area contributed by atoms with Crippen LogP contribution in [0.15, 0.2) is 60.8 Å². The van der Waals surface area contributed by atoms with Gasteiger partial charge in [0.05, 0.1) is 0 Å². The molecule has 112 valence electrons. The first-order chi connectivity index (χ1) is 10.5. The molecule has 0 N–H and O–H groups in total. The van der Waals surface area contributed by atoms with Gasteiger partial charge in [-0.3, -0.25) is 4.98 Å². The molecule has 0 amide bonds. The van der Waals surface area contributed by atoms with Gasteiger partial charge in [-0.25, -0.2) is 0 Å².